The smallest absolute Gasteiger partial charge is 0.246 e. The van der Waals surface area contributed by atoms with Crippen molar-refractivity contribution in [3.05, 3.63) is 41.2 Å². The van der Waals surface area contributed by atoms with Gasteiger partial charge in [-0.15, -0.1) is 0 Å². The largest absolute Gasteiger partial charge is 0.342 e. The molecule has 1 aliphatic rings. The zero-order valence-corrected chi connectivity index (χ0v) is 10.9. The van der Waals surface area contributed by atoms with E-state index in [9.17, 15) is 9.18 Å². The van der Waals surface area contributed by atoms with Crippen molar-refractivity contribution in [2.24, 2.45) is 0 Å². The first-order valence-corrected chi connectivity index (χ1v) is 6.36. The van der Waals surface area contributed by atoms with Crippen LogP contribution in [0.1, 0.15) is 30.9 Å². The number of hydrogen-bond donors (Lipinski definition) is 0. The molecule has 0 radical (unpaired) electrons. The fraction of sp³-hybridized carbons (Fsp3) is 0.400. The van der Waals surface area contributed by atoms with Crippen LogP contribution in [-0.2, 0) is 11.2 Å². The van der Waals surface area contributed by atoms with Gasteiger partial charge in [0.05, 0.1) is 0 Å². The number of benzene rings is 1. The third-order valence-corrected chi connectivity index (χ3v) is 3.46. The van der Waals surface area contributed by atoms with Gasteiger partial charge >= 0.3 is 0 Å². The predicted molar refractivity (Wildman–Crippen MR) is 70.6 cm³/mol. The second-order valence-corrected chi connectivity index (χ2v) is 4.68. The Morgan fingerprint density at radius 2 is 2.22 bits per heavy atom. The van der Waals surface area contributed by atoms with E-state index in [4.69, 9.17) is 0 Å². The molecular weight excluding hydrogens is 229 g/mol. The van der Waals surface area contributed by atoms with Gasteiger partial charge < -0.3 is 4.90 Å². The molecule has 0 heterocycles. The molecule has 0 aliphatic heterocycles. The Morgan fingerprint density at radius 1 is 1.44 bits per heavy atom. The van der Waals surface area contributed by atoms with Gasteiger partial charge in [0.2, 0.25) is 5.91 Å². The molecule has 0 N–H and O–H groups in total. The molecule has 96 valence electrons. The Bertz CT molecular complexity index is 493. The minimum atomic E-state index is -0.238. The Hall–Kier alpha value is -1.64. The normalized spacial score (nSPS) is 16.5. The van der Waals surface area contributed by atoms with Crippen molar-refractivity contribution in [2.45, 2.75) is 26.2 Å². The molecular formula is C15H18FNO. The Morgan fingerprint density at radius 3 is 2.94 bits per heavy atom. The number of fused-ring (bicyclic) bond motifs is 1. The van der Waals surface area contributed by atoms with E-state index in [1.54, 1.807) is 24.1 Å². The molecule has 3 heteroatoms. The van der Waals surface area contributed by atoms with Gasteiger partial charge in [0, 0.05) is 19.7 Å². The van der Waals surface area contributed by atoms with Crippen LogP contribution < -0.4 is 0 Å². The highest BCUT2D eigenvalue weighted by Crippen LogP contribution is 2.31. The lowest BCUT2D eigenvalue weighted by Crippen LogP contribution is -2.24. The molecule has 0 saturated carbocycles. The molecule has 1 aliphatic carbocycles. The van der Waals surface area contributed by atoms with Crippen LogP contribution in [-0.4, -0.2) is 24.4 Å². The van der Waals surface area contributed by atoms with Gasteiger partial charge in [0.25, 0.3) is 0 Å². The molecule has 1 aromatic carbocycles. The van der Waals surface area contributed by atoms with Crippen molar-refractivity contribution in [2.75, 3.05) is 13.6 Å². The average Bonchev–Trinajstić information content (AvgIpc) is 2.38. The molecule has 18 heavy (non-hydrogen) atoms. The van der Waals surface area contributed by atoms with E-state index < -0.39 is 0 Å². The lowest BCUT2D eigenvalue weighted by Gasteiger charge is -2.20. The molecule has 0 saturated heterocycles. The van der Waals surface area contributed by atoms with Crippen LogP contribution in [0.4, 0.5) is 4.39 Å². The highest BCUT2D eigenvalue weighted by molar-refractivity contribution is 5.95. The maximum Gasteiger partial charge on any atom is 0.246 e. The summed E-state index contributed by atoms with van der Waals surface area (Å²) in [6.45, 7) is 2.61. The van der Waals surface area contributed by atoms with Crippen LogP contribution in [0, 0.1) is 5.82 Å². The maximum absolute atomic E-state index is 13.3. The standard InChI is InChI=1S/C15H18FNO/c1-3-17(2)15(18)9-12-6-4-5-11-7-8-13(16)10-14(11)12/h7-10H,3-6H2,1-2H3/b12-9-. The number of nitrogens with zero attached hydrogens (tertiary/aromatic N) is 1. The van der Waals surface area contributed by atoms with Crippen LogP contribution in [0.5, 0.6) is 0 Å². The summed E-state index contributed by atoms with van der Waals surface area (Å²) in [5, 5.41) is 0. The minimum Gasteiger partial charge on any atom is -0.342 e. The van der Waals surface area contributed by atoms with E-state index >= 15 is 0 Å². The Labute approximate surface area is 107 Å². The molecule has 0 bridgehead atoms. The van der Waals surface area contributed by atoms with E-state index in [0.29, 0.717) is 6.54 Å². The molecule has 0 aromatic heterocycles. The molecule has 0 spiro atoms. The molecule has 1 amide bonds. The van der Waals surface area contributed by atoms with Crippen LogP contribution in [0.25, 0.3) is 5.57 Å². The SMILES string of the molecule is CCN(C)C(=O)/C=C1/CCCc2ccc(F)cc21. The van der Waals surface area contributed by atoms with Crippen molar-refractivity contribution in [3.8, 4) is 0 Å². The Kier molecular flexibility index (Phi) is 3.80. The number of carbonyl (C=O) groups is 1. The summed E-state index contributed by atoms with van der Waals surface area (Å²) in [6, 6.07) is 4.85. The van der Waals surface area contributed by atoms with E-state index in [1.165, 1.54) is 6.07 Å². The summed E-state index contributed by atoms with van der Waals surface area (Å²) >= 11 is 0. The van der Waals surface area contributed by atoms with Crippen molar-refractivity contribution >= 4 is 11.5 Å². The minimum absolute atomic E-state index is 0.00962. The van der Waals surface area contributed by atoms with Crippen molar-refractivity contribution in [3.63, 3.8) is 0 Å². The van der Waals surface area contributed by atoms with Gasteiger partial charge in [0.15, 0.2) is 0 Å². The first kappa shape index (κ1) is 12.8. The summed E-state index contributed by atoms with van der Waals surface area (Å²) in [5.74, 6) is -0.248. The van der Waals surface area contributed by atoms with Gasteiger partial charge in [-0.25, -0.2) is 4.39 Å². The zero-order valence-electron chi connectivity index (χ0n) is 10.9. The first-order valence-electron chi connectivity index (χ1n) is 6.36. The highest BCUT2D eigenvalue weighted by atomic mass is 19.1. The van der Waals surface area contributed by atoms with Crippen molar-refractivity contribution < 1.29 is 9.18 Å². The van der Waals surface area contributed by atoms with Crippen LogP contribution in [0.15, 0.2) is 24.3 Å². The van der Waals surface area contributed by atoms with E-state index in [0.717, 1.165) is 36.0 Å². The topological polar surface area (TPSA) is 20.3 Å². The van der Waals surface area contributed by atoms with Crippen LogP contribution >= 0.6 is 0 Å². The fourth-order valence-corrected chi connectivity index (χ4v) is 2.23. The zero-order chi connectivity index (χ0) is 13.1. The van der Waals surface area contributed by atoms with Gasteiger partial charge in [-0.2, -0.15) is 0 Å². The maximum atomic E-state index is 13.3. The van der Waals surface area contributed by atoms with Gasteiger partial charge in [0.1, 0.15) is 5.82 Å². The number of allylic oxidation sites excluding steroid dienone is 1. The summed E-state index contributed by atoms with van der Waals surface area (Å²) in [6.07, 6.45) is 4.49. The number of carbonyl (C=O) groups excluding carboxylic acids is 1. The Balaban J connectivity index is 2.35. The highest BCUT2D eigenvalue weighted by Gasteiger charge is 2.16. The van der Waals surface area contributed by atoms with Crippen molar-refractivity contribution in [1.29, 1.82) is 0 Å². The molecule has 2 rings (SSSR count). The summed E-state index contributed by atoms with van der Waals surface area (Å²) < 4.78 is 13.3. The number of rotatable bonds is 2. The van der Waals surface area contributed by atoms with Gasteiger partial charge in [-0.3, -0.25) is 4.79 Å². The number of amides is 1. The van der Waals surface area contributed by atoms with Crippen LogP contribution in [0.3, 0.4) is 0 Å². The lowest BCUT2D eigenvalue weighted by molar-refractivity contribution is -0.124. The lowest BCUT2D eigenvalue weighted by atomic mass is 9.87. The van der Waals surface area contributed by atoms with Gasteiger partial charge in [-0.1, -0.05) is 6.07 Å². The summed E-state index contributed by atoms with van der Waals surface area (Å²) in [7, 11) is 1.77. The van der Waals surface area contributed by atoms with Crippen molar-refractivity contribution in [1.82, 2.24) is 4.90 Å². The molecule has 0 atom stereocenters. The van der Waals surface area contributed by atoms with E-state index in [-0.39, 0.29) is 11.7 Å². The van der Waals surface area contributed by atoms with Gasteiger partial charge in [-0.05, 0) is 55.0 Å². The second kappa shape index (κ2) is 5.34. The summed E-state index contributed by atoms with van der Waals surface area (Å²) in [5.41, 5.74) is 3.00. The number of likely N-dealkylation sites (N-methyl/N-ethyl adjacent to an activating group) is 1. The molecule has 1 aromatic rings. The molecule has 2 nitrogen and oxygen atoms in total. The number of aryl methyl sites for hydroxylation is 1. The third-order valence-electron chi connectivity index (χ3n) is 3.46. The summed E-state index contributed by atoms with van der Waals surface area (Å²) in [4.78, 5) is 13.5. The van der Waals surface area contributed by atoms with E-state index in [1.807, 2.05) is 13.0 Å². The first-order chi connectivity index (χ1) is 8.61. The number of halogens is 1. The predicted octanol–water partition coefficient (Wildman–Crippen LogP) is 3.02. The number of hydrogen-bond acceptors (Lipinski definition) is 1. The second-order valence-electron chi connectivity index (χ2n) is 4.68. The third kappa shape index (κ3) is 2.61. The quantitative estimate of drug-likeness (QED) is 0.736. The van der Waals surface area contributed by atoms with E-state index in [2.05, 4.69) is 0 Å². The fourth-order valence-electron chi connectivity index (χ4n) is 2.23. The molecule has 0 fully saturated rings. The monoisotopic (exact) mass is 247 g/mol. The molecule has 0 unspecified atom stereocenters. The average molecular weight is 247 g/mol. The van der Waals surface area contributed by atoms with Crippen LogP contribution in [0.2, 0.25) is 0 Å².